The third-order valence-corrected chi connectivity index (χ3v) is 4.55. The maximum atomic E-state index is 6.17. The number of hydrogen-bond donors (Lipinski definition) is 0. The molecule has 0 fully saturated rings. The standard InChI is InChI=1S/C15H22BrCl/c1-11(15(2,3)4)9-13(16)10-12-7-5-6-8-14(12)17/h5-8,11,13H,9-10H2,1-4H3. The first-order valence-corrected chi connectivity index (χ1v) is 7.47. The highest BCUT2D eigenvalue weighted by Gasteiger charge is 2.22. The van der Waals surface area contributed by atoms with E-state index in [9.17, 15) is 0 Å². The zero-order chi connectivity index (χ0) is 13.1. The van der Waals surface area contributed by atoms with Crippen molar-refractivity contribution in [1.82, 2.24) is 0 Å². The van der Waals surface area contributed by atoms with Gasteiger partial charge in [0.25, 0.3) is 0 Å². The first-order valence-electron chi connectivity index (χ1n) is 6.18. The summed E-state index contributed by atoms with van der Waals surface area (Å²) in [5, 5.41) is 0.875. The van der Waals surface area contributed by atoms with Gasteiger partial charge in [-0.05, 0) is 35.8 Å². The van der Waals surface area contributed by atoms with E-state index in [1.165, 1.54) is 12.0 Å². The fourth-order valence-electron chi connectivity index (χ4n) is 1.72. The first kappa shape index (κ1) is 15.0. The zero-order valence-electron chi connectivity index (χ0n) is 11.1. The van der Waals surface area contributed by atoms with Crippen LogP contribution in [-0.2, 0) is 6.42 Å². The van der Waals surface area contributed by atoms with Gasteiger partial charge < -0.3 is 0 Å². The molecule has 0 spiro atoms. The van der Waals surface area contributed by atoms with E-state index in [-0.39, 0.29) is 0 Å². The monoisotopic (exact) mass is 316 g/mol. The van der Waals surface area contributed by atoms with E-state index in [1.54, 1.807) is 0 Å². The van der Waals surface area contributed by atoms with E-state index in [4.69, 9.17) is 11.6 Å². The number of benzene rings is 1. The second kappa shape index (κ2) is 6.24. The van der Waals surface area contributed by atoms with E-state index < -0.39 is 0 Å². The van der Waals surface area contributed by atoms with Crippen molar-refractivity contribution in [3.05, 3.63) is 34.9 Å². The normalized spacial score (nSPS) is 15.6. The molecule has 2 heteroatoms. The van der Waals surface area contributed by atoms with Crippen molar-refractivity contribution in [2.75, 3.05) is 0 Å². The molecule has 0 nitrogen and oxygen atoms in total. The molecule has 0 heterocycles. The fourth-order valence-corrected chi connectivity index (χ4v) is 2.85. The van der Waals surface area contributed by atoms with Gasteiger partial charge in [-0.15, -0.1) is 0 Å². The Morgan fingerprint density at radius 3 is 2.35 bits per heavy atom. The molecule has 0 N–H and O–H groups in total. The zero-order valence-corrected chi connectivity index (χ0v) is 13.5. The van der Waals surface area contributed by atoms with Crippen LogP contribution in [0.2, 0.25) is 5.02 Å². The molecule has 0 aliphatic rings. The summed E-state index contributed by atoms with van der Waals surface area (Å²) >= 11 is 9.96. The maximum absolute atomic E-state index is 6.17. The van der Waals surface area contributed by atoms with Gasteiger partial charge in [0.2, 0.25) is 0 Å². The van der Waals surface area contributed by atoms with Crippen molar-refractivity contribution >= 4 is 27.5 Å². The van der Waals surface area contributed by atoms with E-state index in [2.05, 4.69) is 49.7 Å². The number of alkyl halides is 1. The molecule has 0 aliphatic heterocycles. The largest absolute Gasteiger partial charge is 0.0887 e. The summed E-state index contributed by atoms with van der Waals surface area (Å²) in [4.78, 5) is 0.497. The highest BCUT2D eigenvalue weighted by molar-refractivity contribution is 9.09. The Morgan fingerprint density at radius 1 is 1.24 bits per heavy atom. The minimum Gasteiger partial charge on any atom is -0.0887 e. The molecule has 0 aromatic heterocycles. The van der Waals surface area contributed by atoms with Crippen LogP contribution in [0, 0.1) is 11.3 Å². The Bertz CT molecular complexity index is 354. The molecule has 2 unspecified atom stereocenters. The lowest BCUT2D eigenvalue weighted by Crippen LogP contribution is -2.21. The van der Waals surface area contributed by atoms with Crippen LogP contribution in [0.15, 0.2) is 24.3 Å². The number of halogens is 2. The molecule has 0 bridgehead atoms. The summed E-state index contributed by atoms with van der Waals surface area (Å²) in [6.45, 7) is 9.22. The summed E-state index contributed by atoms with van der Waals surface area (Å²) in [5.74, 6) is 0.689. The van der Waals surface area contributed by atoms with Gasteiger partial charge in [-0.1, -0.05) is 73.4 Å². The smallest absolute Gasteiger partial charge is 0.0438 e. The van der Waals surface area contributed by atoms with Crippen molar-refractivity contribution in [1.29, 1.82) is 0 Å². The summed E-state index contributed by atoms with van der Waals surface area (Å²) < 4.78 is 0. The van der Waals surface area contributed by atoms with Gasteiger partial charge in [-0.25, -0.2) is 0 Å². The lowest BCUT2D eigenvalue weighted by Gasteiger charge is -2.29. The van der Waals surface area contributed by atoms with Crippen molar-refractivity contribution in [3.8, 4) is 0 Å². The summed E-state index contributed by atoms with van der Waals surface area (Å²) in [7, 11) is 0. The Labute approximate surface area is 119 Å². The molecule has 0 radical (unpaired) electrons. The van der Waals surface area contributed by atoms with Crippen LogP contribution in [-0.4, -0.2) is 4.83 Å². The molecule has 0 saturated heterocycles. The highest BCUT2D eigenvalue weighted by atomic mass is 79.9. The minimum absolute atomic E-state index is 0.368. The van der Waals surface area contributed by atoms with Gasteiger partial charge in [0, 0.05) is 9.85 Å². The second-order valence-electron chi connectivity index (χ2n) is 5.90. The number of rotatable bonds is 4. The molecule has 1 rings (SSSR count). The van der Waals surface area contributed by atoms with Crippen LogP contribution in [0.5, 0.6) is 0 Å². The molecule has 1 aromatic carbocycles. The molecular formula is C15H22BrCl. The van der Waals surface area contributed by atoms with Gasteiger partial charge in [-0.2, -0.15) is 0 Å². The molecule has 0 saturated carbocycles. The van der Waals surface area contributed by atoms with E-state index in [1.807, 2.05) is 18.2 Å². The third kappa shape index (κ3) is 5.01. The quantitative estimate of drug-likeness (QED) is 0.623. The molecule has 1 aromatic rings. The highest BCUT2D eigenvalue weighted by Crippen LogP contribution is 2.32. The third-order valence-electron chi connectivity index (χ3n) is 3.49. The molecule has 96 valence electrons. The minimum atomic E-state index is 0.368. The van der Waals surface area contributed by atoms with Crippen LogP contribution >= 0.6 is 27.5 Å². The first-order chi connectivity index (χ1) is 7.80. The SMILES string of the molecule is CC(CC(Br)Cc1ccccc1Cl)C(C)(C)C. The van der Waals surface area contributed by atoms with Crippen molar-refractivity contribution < 1.29 is 0 Å². The van der Waals surface area contributed by atoms with Crippen molar-refractivity contribution in [2.45, 2.75) is 45.4 Å². The van der Waals surface area contributed by atoms with Gasteiger partial charge in [-0.3, -0.25) is 0 Å². The predicted octanol–water partition coefficient (Wildman–Crippen LogP) is 5.72. The van der Waals surface area contributed by atoms with Gasteiger partial charge in [0.15, 0.2) is 0 Å². The van der Waals surface area contributed by atoms with E-state index in [0.29, 0.717) is 16.2 Å². The molecule has 0 aliphatic carbocycles. The van der Waals surface area contributed by atoms with Gasteiger partial charge in [0.1, 0.15) is 0 Å². The lowest BCUT2D eigenvalue weighted by atomic mass is 9.79. The Morgan fingerprint density at radius 2 is 1.82 bits per heavy atom. The lowest BCUT2D eigenvalue weighted by molar-refractivity contribution is 0.246. The van der Waals surface area contributed by atoms with Crippen LogP contribution in [0.1, 0.15) is 39.7 Å². The van der Waals surface area contributed by atoms with Crippen LogP contribution in [0.25, 0.3) is 0 Å². The Hall–Kier alpha value is -0.0100. The molecule has 0 amide bonds. The Balaban J connectivity index is 2.56. The van der Waals surface area contributed by atoms with Crippen LogP contribution in [0.4, 0.5) is 0 Å². The van der Waals surface area contributed by atoms with Gasteiger partial charge >= 0.3 is 0 Å². The predicted molar refractivity (Wildman–Crippen MR) is 81.1 cm³/mol. The maximum Gasteiger partial charge on any atom is 0.0438 e. The van der Waals surface area contributed by atoms with Crippen LogP contribution < -0.4 is 0 Å². The van der Waals surface area contributed by atoms with Crippen molar-refractivity contribution in [2.24, 2.45) is 11.3 Å². The average molecular weight is 318 g/mol. The summed E-state index contributed by atoms with van der Waals surface area (Å²) in [6, 6.07) is 8.10. The Kier molecular flexibility index (Phi) is 5.53. The van der Waals surface area contributed by atoms with Crippen molar-refractivity contribution in [3.63, 3.8) is 0 Å². The fraction of sp³-hybridized carbons (Fsp3) is 0.600. The summed E-state index contributed by atoms with van der Waals surface area (Å²) in [5.41, 5.74) is 1.60. The van der Waals surface area contributed by atoms with Gasteiger partial charge in [0.05, 0.1) is 0 Å². The molecule has 17 heavy (non-hydrogen) atoms. The number of hydrogen-bond acceptors (Lipinski definition) is 0. The molecular weight excluding hydrogens is 296 g/mol. The molecule has 2 atom stereocenters. The van der Waals surface area contributed by atoms with Crippen LogP contribution in [0.3, 0.4) is 0 Å². The average Bonchev–Trinajstić information content (AvgIpc) is 2.20. The van der Waals surface area contributed by atoms with E-state index in [0.717, 1.165) is 11.4 Å². The van der Waals surface area contributed by atoms with E-state index >= 15 is 0 Å². The summed E-state index contributed by atoms with van der Waals surface area (Å²) in [6.07, 6.45) is 2.18. The second-order valence-corrected chi connectivity index (χ2v) is 7.60. The topological polar surface area (TPSA) is 0 Å².